The quantitative estimate of drug-likeness (QED) is 0.840. The first-order valence-corrected chi connectivity index (χ1v) is 6.20. The number of aryl methyl sites for hydroxylation is 1. The smallest absolute Gasteiger partial charge is 0.267 e. The SMILES string of the molecule is Cn1cc(N)cc1C(=O)NCC1(C)CCCC1. The van der Waals surface area contributed by atoms with Crippen LogP contribution in [0.2, 0.25) is 0 Å². The van der Waals surface area contributed by atoms with Crippen LogP contribution in [0.25, 0.3) is 0 Å². The molecular formula is C13H21N3O. The molecule has 2 rings (SSSR count). The molecule has 94 valence electrons. The van der Waals surface area contributed by atoms with Crippen LogP contribution in [0.15, 0.2) is 12.3 Å². The van der Waals surface area contributed by atoms with E-state index in [0.29, 0.717) is 11.4 Å². The van der Waals surface area contributed by atoms with Gasteiger partial charge >= 0.3 is 0 Å². The van der Waals surface area contributed by atoms with Gasteiger partial charge in [-0.05, 0) is 24.3 Å². The van der Waals surface area contributed by atoms with Gasteiger partial charge in [-0.25, -0.2) is 0 Å². The molecule has 1 aromatic heterocycles. The van der Waals surface area contributed by atoms with Crippen LogP contribution in [0, 0.1) is 5.41 Å². The Hall–Kier alpha value is -1.45. The predicted octanol–water partition coefficient (Wildman–Crippen LogP) is 1.92. The van der Waals surface area contributed by atoms with Gasteiger partial charge in [-0.1, -0.05) is 19.8 Å². The lowest BCUT2D eigenvalue weighted by Gasteiger charge is -2.23. The maximum Gasteiger partial charge on any atom is 0.267 e. The highest BCUT2D eigenvalue weighted by atomic mass is 16.1. The van der Waals surface area contributed by atoms with E-state index in [1.807, 2.05) is 7.05 Å². The third-order valence-electron chi connectivity index (χ3n) is 3.75. The summed E-state index contributed by atoms with van der Waals surface area (Å²) >= 11 is 0. The van der Waals surface area contributed by atoms with Gasteiger partial charge in [-0.2, -0.15) is 0 Å². The first-order valence-electron chi connectivity index (χ1n) is 6.20. The van der Waals surface area contributed by atoms with Crippen LogP contribution in [-0.2, 0) is 7.05 Å². The molecule has 1 fully saturated rings. The van der Waals surface area contributed by atoms with Crippen molar-refractivity contribution in [3.8, 4) is 0 Å². The van der Waals surface area contributed by atoms with Crippen molar-refractivity contribution in [1.82, 2.24) is 9.88 Å². The fraction of sp³-hybridized carbons (Fsp3) is 0.615. The molecule has 0 atom stereocenters. The minimum atomic E-state index is -0.0303. The Morgan fingerprint density at radius 1 is 1.53 bits per heavy atom. The maximum atomic E-state index is 12.0. The second-order valence-electron chi connectivity index (χ2n) is 5.47. The highest BCUT2D eigenvalue weighted by Gasteiger charge is 2.29. The van der Waals surface area contributed by atoms with E-state index >= 15 is 0 Å². The number of nitrogens with two attached hydrogens (primary N) is 1. The number of aromatic nitrogens is 1. The minimum absolute atomic E-state index is 0.0303. The zero-order valence-corrected chi connectivity index (χ0v) is 10.6. The van der Waals surface area contributed by atoms with Gasteiger partial charge in [0.05, 0.1) is 5.69 Å². The van der Waals surface area contributed by atoms with Gasteiger partial charge < -0.3 is 15.6 Å². The molecule has 0 radical (unpaired) electrons. The van der Waals surface area contributed by atoms with Crippen LogP contribution >= 0.6 is 0 Å². The van der Waals surface area contributed by atoms with Gasteiger partial charge in [0.15, 0.2) is 0 Å². The van der Waals surface area contributed by atoms with Gasteiger partial charge in [0.2, 0.25) is 0 Å². The number of carbonyl (C=O) groups excluding carboxylic acids is 1. The third kappa shape index (κ3) is 2.62. The molecule has 1 aliphatic carbocycles. The number of carbonyl (C=O) groups is 1. The monoisotopic (exact) mass is 235 g/mol. The Morgan fingerprint density at radius 3 is 2.71 bits per heavy atom. The van der Waals surface area contributed by atoms with Crippen LogP contribution < -0.4 is 11.1 Å². The second-order valence-corrected chi connectivity index (χ2v) is 5.47. The van der Waals surface area contributed by atoms with Crippen molar-refractivity contribution in [3.05, 3.63) is 18.0 Å². The van der Waals surface area contributed by atoms with E-state index in [0.717, 1.165) is 6.54 Å². The van der Waals surface area contributed by atoms with E-state index in [-0.39, 0.29) is 11.3 Å². The Balaban J connectivity index is 1.95. The Morgan fingerprint density at radius 2 is 2.18 bits per heavy atom. The van der Waals surface area contributed by atoms with Crippen molar-refractivity contribution in [2.45, 2.75) is 32.6 Å². The number of amides is 1. The number of rotatable bonds is 3. The normalized spacial score (nSPS) is 18.2. The third-order valence-corrected chi connectivity index (χ3v) is 3.75. The van der Waals surface area contributed by atoms with Gasteiger partial charge in [0.25, 0.3) is 5.91 Å². The zero-order chi connectivity index (χ0) is 12.5. The van der Waals surface area contributed by atoms with E-state index in [2.05, 4.69) is 12.2 Å². The summed E-state index contributed by atoms with van der Waals surface area (Å²) in [5.74, 6) is -0.0303. The van der Waals surface area contributed by atoms with Gasteiger partial charge in [0.1, 0.15) is 5.69 Å². The van der Waals surface area contributed by atoms with E-state index in [4.69, 9.17) is 5.73 Å². The molecule has 0 saturated heterocycles. The molecule has 1 aliphatic rings. The zero-order valence-electron chi connectivity index (χ0n) is 10.6. The molecule has 17 heavy (non-hydrogen) atoms. The fourth-order valence-electron chi connectivity index (χ4n) is 2.61. The molecule has 1 amide bonds. The lowest BCUT2D eigenvalue weighted by atomic mass is 9.89. The molecule has 0 aliphatic heterocycles. The molecule has 1 saturated carbocycles. The molecule has 4 heteroatoms. The van der Waals surface area contributed by atoms with Crippen LogP contribution in [0.3, 0.4) is 0 Å². The fourth-order valence-corrected chi connectivity index (χ4v) is 2.61. The van der Waals surface area contributed by atoms with Crippen molar-refractivity contribution in [2.24, 2.45) is 12.5 Å². The summed E-state index contributed by atoms with van der Waals surface area (Å²) in [7, 11) is 1.84. The molecular weight excluding hydrogens is 214 g/mol. The van der Waals surface area contributed by atoms with Gasteiger partial charge in [-0.15, -0.1) is 0 Å². The molecule has 1 aromatic rings. The number of hydrogen-bond acceptors (Lipinski definition) is 2. The average Bonchev–Trinajstić information content (AvgIpc) is 2.83. The standard InChI is InChI=1S/C13H21N3O/c1-13(5-3-4-6-13)9-15-12(17)11-7-10(14)8-16(11)2/h7-8H,3-6,9,14H2,1-2H3,(H,15,17). The van der Waals surface area contributed by atoms with Crippen molar-refractivity contribution in [3.63, 3.8) is 0 Å². The molecule has 0 unspecified atom stereocenters. The summed E-state index contributed by atoms with van der Waals surface area (Å²) in [5, 5.41) is 3.02. The van der Waals surface area contributed by atoms with E-state index in [1.54, 1.807) is 16.8 Å². The van der Waals surface area contributed by atoms with E-state index in [9.17, 15) is 4.79 Å². The second kappa shape index (κ2) is 4.43. The summed E-state index contributed by atoms with van der Waals surface area (Å²) in [6.07, 6.45) is 6.74. The van der Waals surface area contributed by atoms with E-state index < -0.39 is 0 Å². The Bertz CT molecular complexity index is 416. The average molecular weight is 235 g/mol. The first-order chi connectivity index (χ1) is 8.00. The number of anilines is 1. The first kappa shape index (κ1) is 12.0. The Kier molecular flexibility index (Phi) is 3.13. The largest absolute Gasteiger partial charge is 0.397 e. The summed E-state index contributed by atoms with van der Waals surface area (Å²) in [6, 6.07) is 1.71. The van der Waals surface area contributed by atoms with Crippen molar-refractivity contribution < 1.29 is 4.79 Å². The molecule has 4 nitrogen and oxygen atoms in total. The van der Waals surface area contributed by atoms with Gasteiger partial charge in [0, 0.05) is 19.8 Å². The molecule has 0 bridgehead atoms. The maximum absolute atomic E-state index is 12.0. The predicted molar refractivity (Wildman–Crippen MR) is 68.7 cm³/mol. The summed E-state index contributed by atoms with van der Waals surface area (Å²) in [4.78, 5) is 12.0. The highest BCUT2D eigenvalue weighted by Crippen LogP contribution is 2.36. The minimum Gasteiger partial charge on any atom is -0.397 e. The van der Waals surface area contributed by atoms with E-state index in [1.165, 1.54) is 25.7 Å². The van der Waals surface area contributed by atoms with Crippen molar-refractivity contribution in [1.29, 1.82) is 0 Å². The lowest BCUT2D eigenvalue weighted by molar-refractivity contribution is 0.0926. The summed E-state index contributed by atoms with van der Waals surface area (Å²) < 4.78 is 1.77. The van der Waals surface area contributed by atoms with Crippen LogP contribution in [0.1, 0.15) is 43.1 Å². The highest BCUT2D eigenvalue weighted by molar-refractivity contribution is 5.93. The molecule has 0 spiro atoms. The van der Waals surface area contributed by atoms with Crippen molar-refractivity contribution >= 4 is 11.6 Å². The van der Waals surface area contributed by atoms with Crippen LogP contribution in [0.5, 0.6) is 0 Å². The summed E-state index contributed by atoms with van der Waals surface area (Å²) in [6.45, 7) is 3.01. The number of nitrogen functional groups attached to an aromatic ring is 1. The topological polar surface area (TPSA) is 60.0 Å². The molecule has 3 N–H and O–H groups in total. The number of hydrogen-bond donors (Lipinski definition) is 2. The number of nitrogens with zero attached hydrogens (tertiary/aromatic N) is 1. The number of nitrogens with one attached hydrogen (secondary N) is 1. The molecule has 0 aromatic carbocycles. The lowest BCUT2D eigenvalue weighted by Crippen LogP contribution is -2.34. The molecule has 1 heterocycles. The van der Waals surface area contributed by atoms with Gasteiger partial charge in [-0.3, -0.25) is 4.79 Å². The summed E-state index contributed by atoms with van der Waals surface area (Å²) in [5.41, 5.74) is 7.20. The van der Waals surface area contributed by atoms with Crippen LogP contribution in [0.4, 0.5) is 5.69 Å². The Labute approximate surface area is 102 Å². The van der Waals surface area contributed by atoms with Crippen LogP contribution in [-0.4, -0.2) is 17.0 Å². The van der Waals surface area contributed by atoms with Crippen molar-refractivity contribution in [2.75, 3.05) is 12.3 Å².